The zero-order chi connectivity index (χ0) is 13.9. The van der Waals surface area contributed by atoms with Crippen LogP contribution in [0.15, 0.2) is 30.3 Å². The Balaban J connectivity index is 1.99. The predicted molar refractivity (Wildman–Crippen MR) is 79.0 cm³/mol. The quantitative estimate of drug-likeness (QED) is 0.895. The smallest absolute Gasteiger partial charge is 0.309 e. The molecule has 0 unspecified atom stereocenters. The van der Waals surface area contributed by atoms with Gasteiger partial charge in [0.05, 0.1) is 17.6 Å². The van der Waals surface area contributed by atoms with Crippen LogP contribution in [0.1, 0.15) is 31.4 Å². The van der Waals surface area contributed by atoms with Gasteiger partial charge in [-0.1, -0.05) is 31.0 Å². The summed E-state index contributed by atoms with van der Waals surface area (Å²) in [6.07, 6.45) is 4.87. The van der Waals surface area contributed by atoms with Crippen LogP contribution in [0.2, 0.25) is 0 Å². The van der Waals surface area contributed by atoms with Crippen molar-refractivity contribution in [1.82, 2.24) is 4.98 Å². The van der Waals surface area contributed by atoms with E-state index in [1.807, 2.05) is 30.3 Å². The van der Waals surface area contributed by atoms with Gasteiger partial charge in [0, 0.05) is 17.1 Å². The van der Waals surface area contributed by atoms with Crippen LogP contribution in [0.4, 0.5) is 5.69 Å². The van der Waals surface area contributed by atoms with Gasteiger partial charge in [0.1, 0.15) is 0 Å². The number of aromatic nitrogens is 1. The van der Waals surface area contributed by atoms with Crippen LogP contribution in [0.3, 0.4) is 0 Å². The third kappa shape index (κ3) is 2.74. The summed E-state index contributed by atoms with van der Waals surface area (Å²) in [5, 5.41) is 13.6. The molecule has 104 valence electrons. The van der Waals surface area contributed by atoms with E-state index < -0.39 is 5.97 Å². The molecule has 1 aromatic heterocycles. The first-order chi connectivity index (χ1) is 9.72. The van der Waals surface area contributed by atoms with E-state index in [-0.39, 0.29) is 6.42 Å². The Bertz CT molecular complexity index is 633. The lowest BCUT2D eigenvalue weighted by Gasteiger charge is -2.16. The number of anilines is 1. The monoisotopic (exact) mass is 270 g/mol. The van der Waals surface area contributed by atoms with Crippen molar-refractivity contribution < 1.29 is 9.90 Å². The van der Waals surface area contributed by atoms with E-state index in [2.05, 4.69) is 10.3 Å². The zero-order valence-corrected chi connectivity index (χ0v) is 11.3. The Morgan fingerprint density at radius 1 is 1.30 bits per heavy atom. The van der Waals surface area contributed by atoms with E-state index in [0.29, 0.717) is 11.7 Å². The van der Waals surface area contributed by atoms with Crippen molar-refractivity contribution in [3.05, 3.63) is 36.0 Å². The van der Waals surface area contributed by atoms with Gasteiger partial charge in [-0.25, -0.2) is 0 Å². The van der Waals surface area contributed by atoms with Crippen LogP contribution >= 0.6 is 0 Å². The largest absolute Gasteiger partial charge is 0.481 e. The molecule has 20 heavy (non-hydrogen) atoms. The summed E-state index contributed by atoms with van der Waals surface area (Å²) in [6, 6.07) is 10.3. The summed E-state index contributed by atoms with van der Waals surface area (Å²) in [6.45, 7) is 0. The molecule has 0 atom stereocenters. The van der Waals surface area contributed by atoms with Gasteiger partial charge in [0.2, 0.25) is 0 Å². The number of rotatable bonds is 4. The van der Waals surface area contributed by atoms with Gasteiger partial charge in [-0.3, -0.25) is 9.78 Å². The number of carboxylic acids is 1. The number of benzene rings is 1. The molecule has 1 aromatic carbocycles. The zero-order valence-electron chi connectivity index (χ0n) is 11.3. The Hall–Kier alpha value is -2.10. The molecule has 4 nitrogen and oxygen atoms in total. The number of pyridine rings is 1. The standard InChI is InChI=1S/C16H18N2O2/c19-16(20)10-12-9-15(17-11-5-1-2-6-11)13-7-3-4-8-14(13)18-12/h3-4,7-9,11H,1-2,5-6,10H2,(H,17,18)(H,19,20). The van der Waals surface area contributed by atoms with E-state index in [1.165, 1.54) is 25.7 Å². The number of fused-ring (bicyclic) bond motifs is 1. The molecule has 0 spiro atoms. The van der Waals surface area contributed by atoms with E-state index in [1.54, 1.807) is 0 Å². The number of hydrogen-bond acceptors (Lipinski definition) is 3. The van der Waals surface area contributed by atoms with E-state index in [4.69, 9.17) is 5.11 Å². The van der Waals surface area contributed by atoms with Crippen molar-refractivity contribution in [1.29, 1.82) is 0 Å². The highest BCUT2D eigenvalue weighted by molar-refractivity contribution is 5.92. The first-order valence-electron chi connectivity index (χ1n) is 7.09. The van der Waals surface area contributed by atoms with Crippen molar-refractivity contribution in [3.63, 3.8) is 0 Å². The van der Waals surface area contributed by atoms with Crippen molar-refractivity contribution in [2.75, 3.05) is 5.32 Å². The molecule has 1 aliphatic carbocycles. The fourth-order valence-electron chi connectivity index (χ4n) is 2.89. The molecule has 1 fully saturated rings. The first-order valence-corrected chi connectivity index (χ1v) is 7.09. The normalized spacial score (nSPS) is 15.6. The maximum absolute atomic E-state index is 10.9. The lowest BCUT2D eigenvalue weighted by Crippen LogP contribution is -2.15. The number of para-hydroxylation sites is 1. The highest BCUT2D eigenvalue weighted by atomic mass is 16.4. The maximum atomic E-state index is 10.9. The molecule has 1 saturated carbocycles. The number of hydrogen-bond donors (Lipinski definition) is 2. The third-order valence-electron chi connectivity index (χ3n) is 3.82. The van der Waals surface area contributed by atoms with Crippen molar-refractivity contribution in [2.45, 2.75) is 38.1 Å². The van der Waals surface area contributed by atoms with Crippen LogP contribution in [0.25, 0.3) is 10.9 Å². The van der Waals surface area contributed by atoms with Gasteiger partial charge >= 0.3 is 5.97 Å². The second kappa shape index (κ2) is 5.49. The minimum Gasteiger partial charge on any atom is -0.481 e. The number of nitrogens with zero attached hydrogens (tertiary/aromatic N) is 1. The van der Waals surface area contributed by atoms with Gasteiger partial charge in [-0.2, -0.15) is 0 Å². The molecule has 0 radical (unpaired) electrons. The Labute approximate surface area is 117 Å². The van der Waals surface area contributed by atoms with Crippen LogP contribution in [-0.4, -0.2) is 22.1 Å². The van der Waals surface area contributed by atoms with E-state index in [9.17, 15) is 4.79 Å². The average Bonchev–Trinajstić information content (AvgIpc) is 2.91. The SMILES string of the molecule is O=C(O)Cc1cc(NC2CCCC2)c2ccccc2n1. The van der Waals surface area contributed by atoms with Gasteiger partial charge in [-0.05, 0) is 25.0 Å². The summed E-state index contributed by atoms with van der Waals surface area (Å²) in [7, 11) is 0. The molecule has 0 aliphatic heterocycles. The van der Waals surface area contributed by atoms with Crippen molar-refractivity contribution in [2.24, 2.45) is 0 Å². The van der Waals surface area contributed by atoms with Gasteiger partial charge in [0.25, 0.3) is 0 Å². The fraction of sp³-hybridized carbons (Fsp3) is 0.375. The van der Waals surface area contributed by atoms with E-state index in [0.717, 1.165) is 16.6 Å². The van der Waals surface area contributed by atoms with Gasteiger partial charge in [0.15, 0.2) is 0 Å². The summed E-state index contributed by atoms with van der Waals surface area (Å²) >= 11 is 0. The number of nitrogens with one attached hydrogen (secondary N) is 1. The van der Waals surface area contributed by atoms with Gasteiger partial charge < -0.3 is 10.4 Å². The highest BCUT2D eigenvalue weighted by Crippen LogP contribution is 2.28. The topological polar surface area (TPSA) is 62.2 Å². The number of carbonyl (C=O) groups is 1. The molecule has 1 heterocycles. The van der Waals surface area contributed by atoms with Crippen LogP contribution in [0, 0.1) is 0 Å². The molecule has 0 bridgehead atoms. The second-order valence-electron chi connectivity index (χ2n) is 5.37. The van der Waals surface area contributed by atoms with Crippen LogP contribution in [-0.2, 0) is 11.2 Å². The predicted octanol–water partition coefficient (Wildman–Crippen LogP) is 3.22. The first kappa shape index (κ1) is 12.9. The molecular formula is C16H18N2O2. The minimum atomic E-state index is -0.848. The molecule has 0 saturated heterocycles. The summed E-state index contributed by atoms with van der Waals surface area (Å²) in [5.74, 6) is -0.848. The molecule has 0 amide bonds. The van der Waals surface area contributed by atoms with Crippen LogP contribution < -0.4 is 5.32 Å². The van der Waals surface area contributed by atoms with E-state index >= 15 is 0 Å². The Morgan fingerprint density at radius 2 is 2.05 bits per heavy atom. The lowest BCUT2D eigenvalue weighted by atomic mass is 10.1. The third-order valence-corrected chi connectivity index (χ3v) is 3.82. The molecule has 3 rings (SSSR count). The summed E-state index contributed by atoms with van der Waals surface area (Å²) in [5.41, 5.74) is 2.47. The maximum Gasteiger partial charge on any atom is 0.309 e. The fourth-order valence-corrected chi connectivity index (χ4v) is 2.89. The number of aliphatic carboxylic acids is 1. The van der Waals surface area contributed by atoms with Crippen LogP contribution in [0.5, 0.6) is 0 Å². The Kier molecular flexibility index (Phi) is 3.54. The number of carboxylic acid groups (broad SMARTS) is 1. The Morgan fingerprint density at radius 3 is 2.80 bits per heavy atom. The highest BCUT2D eigenvalue weighted by Gasteiger charge is 2.16. The van der Waals surface area contributed by atoms with Crippen molar-refractivity contribution in [3.8, 4) is 0 Å². The minimum absolute atomic E-state index is 0.0375. The molecule has 1 aliphatic rings. The lowest BCUT2D eigenvalue weighted by molar-refractivity contribution is -0.136. The molecule has 2 N–H and O–H groups in total. The summed E-state index contributed by atoms with van der Waals surface area (Å²) < 4.78 is 0. The second-order valence-corrected chi connectivity index (χ2v) is 5.37. The van der Waals surface area contributed by atoms with Crippen molar-refractivity contribution >= 4 is 22.6 Å². The summed E-state index contributed by atoms with van der Waals surface area (Å²) in [4.78, 5) is 15.3. The average molecular weight is 270 g/mol. The molecule has 2 aromatic rings. The molecule has 4 heteroatoms. The molecular weight excluding hydrogens is 252 g/mol. The van der Waals surface area contributed by atoms with Gasteiger partial charge in [-0.15, -0.1) is 0 Å².